The summed E-state index contributed by atoms with van der Waals surface area (Å²) in [6.07, 6.45) is -3.40. The average molecular weight is 536 g/mol. The SMILES string of the molecule is O=C(/C=C/c1ccc(O)cc1)OC[C@]1(O)C=C[C@H]2C(C(=O)O)=CO[C@H](O[C@@H]3O[C@H](CO)[C@@H](O)[C@@H](O)[C@@H]3O)[C@@H]21. The zero-order chi connectivity index (χ0) is 27.6. The number of aliphatic carboxylic acids is 1. The summed E-state index contributed by atoms with van der Waals surface area (Å²) in [5, 5.41) is 70.1. The molecule has 0 amide bonds. The maximum Gasteiger partial charge on any atom is 0.335 e. The van der Waals surface area contributed by atoms with E-state index in [1.54, 1.807) is 12.1 Å². The second-order valence-corrected chi connectivity index (χ2v) is 9.15. The van der Waals surface area contributed by atoms with E-state index in [0.717, 1.165) is 12.3 Å². The summed E-state index contributed by atoms with van der Waals surface area (Å²) in [5.41, 5.74) is -1.58. The Labute approximate surface area is 216 Å². The van der Waals surface area contributed by atoms with Gasteiger partial charge < -0.3 is 54.7 Å². The van der Waals surface area contributed by atoms with Gasteiger partial charge in [-0.3, -0.25) is 0 Å². The number of fused-ring (bicyclic) bond motifs is 1. The van der Waals surface area contributed by atoms with Crippen LogP contribution < -0.4 is 0 Å². The number of phenols is 1. The van der Waals surface area contributed by atoms with Crippen LogP contribution in [-0.4, -0.2) is 103 Å². The lowest BCUT2D eigenvalue weighted by atomic mass is 9.79. The van der Waals surface area contributed by atoms with Gasteiger partial charge in [0.15, 0.2) is 6.29 Å². The molecule has 0 radical (unpaired) electrons. The number of aliphatic hydroxyl groups is 5. The number of aromatic hydroxyl groups is 1. The fraction of sp³-hybridized carbons (Fsp3) is 0.440. The summed E-state index contributed by atoms with van der Waals surface area (Å²) < 4.78 is 21.6. The van der Waals surface area contributed by atoms with Gasteiger partial charge in [-0.15, -0.1) is 0 Å². The molecule has 1 fully saturated rings. The molecule has 0 aromatic heterocycles. The van der Waals surface area contributed by atoms with Crippen LogP contribution in [-0.2, 0) is 28.5 Å². The normalized spacial score (nSPS) is 36.4. The van der Waals surface area contributed by atoms with Crippen LogP contribution in [0.2, 0.25) is 0 Å². The standard InChI is InChI=1S/C25H28O13/c26-9-16-19(29)20(30)21(31)24(37-16)38-23-18-14(15(10-35-23)22(32)33)7-8-25(18,34)11-36-17(28)6-3-12-1-4-13(27)5-2-12/h1-8,10,14,16,18-21,23-24,26-27,29-31,34H,9,11H2,(H,32,33)/b6-3+/t14-,16+,18+,19+,20+,21-,23+,24-,25+/m0/s1. The average Bonchev–Trinajstić information content (AvgIpc) is 3.25. The molecule has 13 heteroatoms. The molecular formula is C25H28O13. The lowest BCUT2D eigenvalue weighted by Gasteiger charge is -2.44. The van der Waals surface area contributed by atoms with Gasteiger partial charge in [-0.1, -0.05) is 24.3 Å². The van der Waals surface area contributed by atoms with Crippen molar-refractivity contribution < 1.29 is 64.3 Å². The lowest BCUT2D eigenvalue weighted by Crippen LogP contribution is -2.61. The van der Waals surface area contributed by atoms with Crippen LogP contribution in [0.15, 0.2) is 54.3 Å². The van der Waals surface area contributed by atoms with E-state index < -0.39 is 79.6 Å². The molecule has 0 unspecified atom stereocenters. The van der Waals surface area contributed by atoms with Crippen LogP contribution in [0, 0.1) is 11.8 Å². The third-order valence-electron chi connectivity index (χ3n) is 6.65. The van der Waals surface area contributed by atoms with Gasteiger partial charge in [0, 0.05) is 12.0 Å². The van der Waals surface area contributed by atoms with Crippen LogP contribution in [0.5, 0.6) is 5.75 Å². The van der Waals surface area contributed by atoms with Gasteiger partial charge in [-0.25, -0.2) is 9.59 Å². The van der Waals surface area contributed by atoms with Crippen molar-refractivity contribution in [1.82, 2.24) is 0 Å². The Bertz CT molecular complexity index is 1110. The highest BCUT2D eigenvalue weighted by Gasteiger charge is 2.56. The molecule has 2 heterocycles. The summed E-state index contributed by atoms with van der Waals surface area (Å²) >= 11 is 0. The molecule has 9 atom stereocenters. The first-order chi connectivity index (χ1) is 18.0. The van der Waals surface area contributed by atoms with Gasteiger partial charge in [0.2, 0.25) is 6.29 Å². The quantitative estimate of drug-likeness (QED) is 0.116. The Hall–Kier alpha value is -3.30. The first-order valence-corrected chi connectivity index (χ1v) is 11.6. The van der Waals surface area contributed by atoms with Gasteiger partial charge in [0.05, 0.1) is 24.4 Å². The molecule has 2 aliphatic heterocycles. The summed E-state index contributed by atoms with van der Waals surface area (Å²) in [4.78, 5) is 24.1. The summed E-state index contributed by atoms with van der Waals surface area (Å²) in [7, 11) is 0. The Morgan fingerprint density at radius 1 is 1.05 bits per heavy atom. The summed E-state index contributed by atoms with van der Waals surface area (Å²) in [5.74, 6) is -4.23. The van der Waals surface area contributed by atoms with Crippen molar-refractivity contribution in [2.45, 2.75) is 42.6 Å². The Kier molecular flexibility index (Phi) is 8.18. The highest BCUT2D eigenvalue weighted by Crippen LogP contribution is 2.45. The number of allylic oxidation sites excluding steroid dienone is 1. The first-order valence-electron chi connectivity index (χ1n) is 11.6. The van der Waals surface area contributed by atoms with E-state index >= 15 is 0 Å². The van der Waals surface area contributed by atoms with Crippen LogP contribution in [0.4, 0.5) is 0 Å². The molecule has 206 valence electrons. The molecule has 1 aromatic rings. The zero-order valence-corrected chi connectivity index (χ0v) is 19.8. The number of carbonyl (C=O) groups is 2. The van der Waals surface area contributed by atoms with Gasteiger partial charge in [0.25, 0.3) is 0 Å². The summed E-state index contributed by atoms with van der Waals surface area (Å²) in [6.45, 7) is -1.32. The van der Waals surface area contributed by atoms with E-state index in [1.807, 2.05) is 0 Å². The van der Waals surface area contributed by atoms with Crippen molar-refractivity contribution in [1.29, 1.82) is 0 Å². The predicted molar refractivity (Wildman–Crippen MR) is 125 cm³/mol. The van der Waals surface area contributed by atoms with Crippen molar-refractivity contribution in [2.75, 3.05) is 13.2 Å². The minimum atomic E-state index is -1.97. The van der Waals surface area contributed by atoms with E-state index in [0.29, 0.717) is 5.56 Å². The van der Waals surface area contributed by atoms with E-state index in [4.69, 9.17) is 18.9 Å². The number of hydrogen-bond donors (Lipinski definition) is 7. The molecule has 13 nitrogen and oxygen atoms in total. The molecule has 4 rings (SSSR count). The maximum absolute atomic E-state index is 12.3. The van der Waals surface area contributed by atoms with Crippen LogP contribution >= 0.6 is 0 Å². The second kappa shape index (κ2) is 11.2. The van der Waals surface area contributed by atoms with Crippen molar-refractivity contribution in [2.24, 2.45) is 11.8 Å². The van der Waals surface area contributed by atoms with Crippen LogP contribution in [0.1, 0.15) is 5.56 Å². The topological polar surface area (TPSA) is 213 Å². The van der Waals surface area contributed by atoms with E-state index in [1.165, 1.54) is 30.4 Å². The summed E-state index contributed by atoms with van der Waals surface area (Å²) in [6, 6.07) is 6.00. The van der Waals surface area contributed by atoms with Gasteiger partial charge in [-0.05, 0) is 23.8 Å². The fourth-order valence-electron chi connectivity index (χ4n) is 4.57. The van der Waals surface area contributed by atoms with Crippen molar-refractivity contribution in [3.05, 3.63) is 59.9 Å². The van der Waals surface area contributed by atoms with E-state index in [2.05, 4.69) is 0 Å². The van der Waals surface area contributed by atoms with E-state index in [-0.39, 0.29) is 11.3 Å². The predicted octanol–water partition coefficient (Wildman–Crippen LogP) is -1.38. The lowest BCUT2D eigenvalue weighted by molar-refractivity contribution is -0.346. The Morgan fingerprint density at radius 3 is 2.42 bits per heavy atom. The molecule has 0 spiro atoms. The smallest absolute Gasteiger partial charge is 0.335 e. The molecule has 1 aromatic carbocycles. The van der Waals surface area contributed by atoms with Crippen molar-refractivity contribution >= 4 is 18.0 Å². The molecule has 1 aliphatic carbocycles. The molecule has 1 saturated heterocycles. The first kappa shape index (κ1) is 27.7. The number of carbonyl (C=O) groups excluding carboxylic acids is 1. The number of phenolic OH excluding ortho intramolecular Hbond substituents is 1. The van der Waals surface area contributed by atoms with Gasteiger partial charge in [-0.2, -0.15) is 0 Å². The molecule has 0 saturated carbocycles. The number of carboxylic acid groups (broad SMARTS) is 1. The molecular weight excluding hydrogens is 508 g/mol. The third-order valence-corrected chi connectivity index (χ3v) is 6.65. The van der Waals surface area contributed by atoms with E-state index in [9.17, 15) is 45.3 Å². The minimum Gasteiger partial charge on any atom is -0.508 e. The van der Waals surface area contributed by atoms with Crippen molar-refractivity contribution in [3.63, 3.8) is 0 Å². The monoisotopic (exact) mass is 536 g/mol. The number of esters is 1. The van der Waals surface area contributed by atoms with Crippen molar-refractivity contribution in [3.8, 4) is 5.75 Å². The number of ether oxygens (including phenoxy) is 4. The maximum atomic E-state index is 12.3. The zero-order valence-electron chi connectivity index (χ0n) is 19.8. The minimum absolute atomic E-state index is 0.0551. The highest BCUT2D eigenvalue weighted by atomic mass is 16.8. The number of rotatable bonds is 8. The number of carboxylic acids is 1. The van der Waals surface area contributed by atoms with Gasteiger partial charge in [0.1, 0.15) is 42.4 Å². The number of benzene rings is 1. The fourth-order valence-corrected chi connectivity index (χ4v) is 4.57. The largest absolute Gasteiger partial charge is 0.508 e. The Balaban J connectivity index is 1.50. The molecule has 3 aliphatic rings. The Morgan fingerprint density at radius 2 is 1.76 bits per heavy atom. The van der Waals surface area contributed by atoms with Crippen LogP contribution in [0.3, 0.4) is 0 Å². The number of aliphatic hydroxyl groups excluding tert-OH is 4. The van der Waals surface area contributed by atoms with Crippen LogP contribution in [0.25, 0.3) is 6.08 Å². The second-order valence-electron chi connectivity index (χ2n) is 9.15. The molecule has 0 bridgehead atoms. The molecule has 38 heavy (non-hydrogen) atoms. The highest BCUT2D eigenvalue weighted by molar-refractivity contribution is 5.88. The van der Waals surface area contributed by atoms with Gasteiger partial charge >= 0.3 is 11.9 Å². The third kappa shape index (κ3) is 5.59. The number of hydrogen-bond acceptors (Lipinski definition) is 12. The molecule has 7 N–H and O–H groups in total.